The zero-order valence-corrected chi connectivity index (χ0v) is 19.1. The van der Waals surface area contributed by atoms with Crippen LogP contribution in [0.25, 0.3) is 0 Å². The van der Waals surface area contributed by atoms with E-state index in [2.05, 4.69) is 15.3 Å². The van der Waals surface area contributed by atoms with Crippen LogP contribution in [0.4, 0.5) is 0 Å². The Kier molecular flexibility index (Phi) is 6.93. The van der Waals surface area contributed by atoms with Crippen LogP contribution in [0.15, 0.2) is 30.5 Å². The Morgan fingerprint density at radius 1 is 1.19 bits per heavy atom. The molecule has 7 nitrogen and oxygen atoms in total. The molecule has 31 heavy (non-hydrogen) atoms. The van der Waals surface area contributed by atoms with Gasteiger partial charge in [0.2, 0.25) is 5.91 Å². The van der Waals surface area contributed by atoms with Gasteiger partial charge in [0, 0.05) is 42.7 Å². The number of rotatable bonds is 5. The van der Waals surface area contributed by atoms with Gasteiger partial charge in [-0.2, -0.15) is 0 Å². The molecule has 0 saturated carbocycles. The number of hydrogen-bond acceptors (Lipinski definition) is 5. The third-order valence-corrected chi connectivity index (χ3v) is 5.66. The van der Waals surface area contributed by atoms with Crippen molar-refractivity contribution in [2.45, 2.75) is 53.0 Å². The van der Waals surface area contributed by atoms with Gasteiger partial charge in [0.05, 0.1) is 18.4 Å². The summed E-state index contributed by atoms with van der Waals surface area (Å²) in [6.45, 7) is 9.48. The molecule has 166 valence electrons. The maximum Gasteiger partial charge on any atom is 0.254 e. The lowest BCUT2D eigenvalue weighted by Crippen LogP contribution is -2.43. The molecular weight excluding hydrogens is 392 g/mol. The van der Waals surface area contributed by atoms with Crippen molar-refractivity contribution in [3.63, 3.8) is 0 Å². The van der Waals surface area contributed by atoms with E-state index in [0.29, 0.717) is 30.9 Å². The van der Waals surface area contributed by atoms with E-state index in [1.165, 1.54) is 0 Å². The molecule has 0 bridgehead atoms. The minimum absolute atomic E-state index is 0.185. The molecule has 0 unspecified atom stereocenters. The van der Waals surface area contributed by atoms with Gasteiger partial charge in [-0.05, 0) is 25.8 Å². The molecule has 1 saturated heterocycles. The number of amides is 2. The van der Waals surface area contributed by atoms with Crippen molar-refractivity contribution in [2.75, 3.05) is 20.2 Å². The van der Waals surface area contributed by atoms with Gasteiger partial charge in [-0.1, -0.05) is 39.0 Å². The summed E-state index contributed by atoms with van der Waals surface area (Å²) >= 11 is 0. The van der Waals surface area contributed by atoms with Gasteiger partial charge in [-0.15, -0.1) is 0 Å². The number of methoxy groups -OCH3 is 1. The van der Waals surface area contributed by atoms with Gasteiger partial charge in [0.15, 0.2) is 0 Å². The van der Waals surface area contributed by atoms with Crippen molar-refractivity contribution in [2.24, 2.45) is 5.41 Å². The van der Waals surface area contributed by atoms with E-state index in [4.69, 9.17) is 4.74 Å². The minimum Gasteiger partial charge on any atom is -0.496 e. The molecule has 0 aliphatic carbocycles. The molecule has 2 amide bonds. The summed E-state index contributed by atoms with van der Waals surface area (Å²) < 4.78 is 5.33. The number of aromatic nitrogens is 2. The molecule has 7 heteroatoms. The number of benzene rings is 1. The number of ether oxygens (including phenoxy) is 1. The molecule has 2 heterocycles. The number of nitrogens with one attached hydrogen (secondary N) is 1. The summed E-state index contributed by atoms with van der Waals surface area (Å²) in [7, 11) is 1.61. The number of hydrogen-bond donors (Lipinski definition) is 1. The minimum atomic E-state index is -0.362. The number of aryl methyl sites for hydroxylation is 1. The van der Waals surface area contributed by atoms with Crippen LogP contribution in [0.3, 0.4) is 0 Å². The Hall–Kier alpha value is -2.96. The lowest BCUT2D eigenvalue weighted by atomic mass is 9.90. The van der Waals surface area contributed by atoms with Gasteiger partial charge < -0.3 is 15.0 Å². The van der Waals surface area contributed by atoms with Crippen LogP contribution < -0.4 is 10.1 Å². The maximum absolute atomic E-state index is 12.7. The quantitative estimate of drug-likeness (QED) is 0.794. The summed E-state index contributed by atoms with van der Waals surface area (Å²) in [5.74, 6) is 1.67. The first kappa shape index (κ1) is 22.7. The molecule has 1 aromatic heterocycles. The summed E-state index contributed by atoms with van der Waals surface area (Å²) in [6, 6.07) is 7.59. The fourth-order valence-electron chi connectivity index (χ4n) is 3.84. The molecule has 0 radical (unpaired) electrons. The monoisotopic (exact) mass is 424 g/mol. The average Bonchev–Trinajstić information content (AvgIpc) is 2.76. The Balaban J connectivity index is 1.61. The highest BCUT2D eigenvalue weighted by molar-refractivity contribution is 5.94. The SMILES string of the molecule is COc1ccccc1CNC(=O)c1cnc(C2CCN(C(=O)C(C)(C)C)CC2)nc1C. The number of carbonyl (C=O) groups is 2. The Morgan fingerprint density at radius 2 is 1.87 bits per heavy atom. The molecule has 1 N–H and O–H groups in total. The number of piperidine rings is 1. The van der Waals surface area contributed by atoms with E-state index in [-0.39, 0.29) is 23.1 Å². The normalized spacial score (nSPS) is 14.9. The number of carbonyl (C=O) groups excluding carboxylic acids is 2. The first-order valence-electron chi connectivity index (χ1n) is 10.7. The van der Waals surface area contributed by atoms with E-state index in [1.807, 2.05) is 56.9 Å². The predicted octanol–water partition coefficient (Wildman–Crippen LogP) is 3.48. The van der Waals surface area contributed by atoms with Gasteiger partial charge in [-0.25, -0.2) is 9.97 Å². The van der Waals surface area contributed by atoms with Gasteiger partial charge >= 0.3 is 0 Å². The Bertz CT molecular complexity index is 944. The Morgan fingerprint density at radius 3 is 2.48 bits per heavy atom. The van der Waals surface area contributed by atoms with Crippen LogP contribution in [0.1, 0.15) is 67.0 Å². The van der Waals surface area contributed by atoms with Crippen molar-refractivity contribution < 1.29 is 14.3 Å². The smallest absolute Gasteiger partial charge is 0.254 e. The number of nitrogens with zero attached hydrogens (tertiary/aromatic N) is 3. The van der Waals surface area contributed by atoms with Crippen molar-refractivity contribution >= 4 is 11.8 Å². The van der Waals surface area contributed by atoms with E-state index in [0.717, 1.165) is 30.0 Å². The first-order chi connectivity index (χ1) is 14.7. The second-order valence-corrected chi connectivity index (χ2v) is 9.04. The van der Waals surface area contributed by atoms with Gasteiger partial charge in [-0.3, -0.25) is 9.59 Å². The maximum atomic E-state index is 12.7. The molecular formula is C24H32N4O3. The molecule has 3 rings (SSSR count). The Labute approximate surface area is 184 Å². The largest absolute Gasteiger partial charge is 0.496 e. The van der Waals surface area contributed by atoms with Crippen LogP contribution in [-0.2, 0) is 11.3 Å². The molecule has 1 aromatic carbocycles. The standard InChI is InChI=1S/C24H32N4O3/c1-16-19(22(29)26-14-18-8-6-7-9-20(18)31-5)15-25-21(27-16)17-10-12-28(13-11-17)23(30)24(2,3)4/h6-9,15,17H,10-14H2,1-5H3,(H,26,29). The third kappa shape index (κ3) is 5.40. The zero-order valence-electron chi connectivity index (χ0n) is 19.1. The third-order valence-electron chi connectivity index (χ3n) is 5.66. The van der Waals surface area contributed by atoms with E-state index in [1.54, 1.807) is 13.3 Å². The van der Waals surface area contributed by atoms with E-state index >= 15 is 0 Å². The van der Waals surface area contributed by atoms with E-state index < -0.39 is 0 Å². The molecule has 0 spiro atoms. The lowest BCUT2D eigenvalue weighted by molar-refractivity contribution is -0.140. The highest BCUT2D eigenvalue weighted by Crippen LogP contribution is 2.28. The predicted molar refractivity (Wildman–Crippen MR) is 119 cm³/mol. The highest BCUT2D eigenvalue weighted by atomic mass is 16.5. The van der Waals surface area contributed by atoms with E-state index in [9.17, 15) is 9.59 Å². The second kappa shape index (κ2) is 9.45. The summed E-state index contributed by atoms with van der Waals surface area (Å²) in [5, 5.41) is 2.92. The number of likely N-dealkylation sites (tertiary alicyclic amines) is 1. The zero-order chi connectivity index (χ0) is 22.6. The van der Waals surface area contributed by atoms with Crippen molar-refractivity contribution in [3.8, 4) is 5.75 Å². The van der Waals surface area contributed by atoms with Crippen LogP contribution in [0.2, 0.25) is 0 Å². The molecule has 1 aliphatic heterocycles. The molecule has 1 fully saturated rings. The van der Waals surface area contributed by atoms with Crippen molar-refractivity contribution in [3.05, 3.63) is 53.1 Å². The highest BCUT2D eigenvalue weighted by Gasteiger charge is 2.31. The van der Waals surface area contributed by atoms with Crippen LogP contribution in [-0.4, -0.2) is 46.9 Å². The summed E-state index contributed by atoms with van der Waals surface area (Å²) in [5.41, 5.74) is 1.68. The topological polar surface area (TPSA) is 84.4 Å². The molecule has 1 aliphatic rings. The van der Waals surface area contributed by atoms with Crippen LogP contribution >= 0.6 is 0 Å². The summed E-state index contributed by atoms with van der Waals surface area (Å²) in [6.07, 6.45) is 3.28. The lowest BCUT2D eigenvalue weighted by Gasteiger charge is -2.35. The number of para-hydroxylation sites is 1. The molecule has 2 aromatic rings. The van der Waals surface area contributed by atoms with Crippen molar-refractivity contribution in [1.82, 2.24) is 20.2 Å². The molecule has 0 atom stereocenters. The fourth-order valence-corrected chi connectivity index (χ4v) is 3.84. The van der Waals surface area contributed by atoms with Crippen LogP contribution in [0, 0.1) is 12.3 Å². The van der Waals surface area contributed by atoms with Crippen LogP contribution in [0.5, 0.6) is 5.75 Å². The van der Waals surface area contributed by atoms with Crippen molar-refractivity contribution in [1.29, 1.82) is 0 Å². The second-order valence-electron chi connectivity index (χ2n) is 9.04. The first-order valence-corrected chi connectivity index (χ1v) is 10.7. The summed E-state index contributed by atoms with van der Waals surface area (Å²) in [4.78, 5) is 36.2. The fraction of sp³-hybridized carbons (Fsp3) is 0.500. The average molecular weight is 425 g/mol. The van der Waals surface area contributed by atoms with Gasteiger partial charge in [0.1, 0.15) is 11.6 Å². The van der Waals surface area contributed by atoms with Gasteiger partial charge in [0.25, 0.3) is 5.91 Å².